The number of hydrogen-bond donors (Lipinski definition) is 0. The normalized spacial score (nSPS) is 20.5. The smallest absolute Gasteiger partial charge is 0.246 e. The Morgan fingerprint density at radius 2 is 1.94 bits per heavy atom. The molecular weight excluding hydrogens is 412 g/mol. The molecule has 3 aliphatic rings. The molecule has 31 heavy (non-hydrogen) atoms. The van der Waals surface area contributed by atoms with Crippen molar-refractivity contribution in [2.24, 2.45) is 0 Å². The Kier molecular flexibility index (Phi) is 3.90. The summed E-state index contributed by atoms with van der Waals surface area (Å²) in [5, 5.41) is 3.14. The van der Waals surface area contributed by atoms with E-state index < -0.39 is 5.41 Å². The summed E-state index contributed by atoms with van der Waals surface area (Å²) in [7, 11) is 0. The highest BCUT2D eigenvalue weighted by atomic mass is 32.1. The van der Waals surface area contributed by atoms with Crippen molar-refractivity contribution in [1.29, 1.82) is 0 Å². The first-order chi connectivity index (χ1) is 15.0. The fraction of sp³-hybridized carbons (Fsp3) is 0.333. The number of para-hydroxylation sites is 1. The third kappa shape index (κ3) is 2.50. The van der Waals surface area contributed by atoms with E-state index in [4.69, 9.17) is 19.2 Å². The Balaban J connectivity index is 1.49. The average Bonchev–Trinajstić information content (AvgIpc) is 3.51. The topological polar surface area (TPSA) is 60.9 Å². The molecule has 0 saturated heterocycles. The van der Waals surface area contributed by atoms with Gasteiger partial charge in [-0.2, -0.15) is 0 Å². The van der Waals surface area contributed by atoms with Crippen LogP contribution in [0.2, 0.25) is 0 Å². The third-order valence-corrected chi connectivity index (χ3v) is 7.53. The first-order valence-electron chi connectivity index (χ1n) is 10.4. The molecule has 1 aromatic heterocycles. The summed E-state index contributed by atoms with van der Waals surface area (Å²) in [5.41, 5.74) is 3.89. The Hall–Kier alpha value is -3.06. The summed E-state index contributed by atoms with van der Waals surface area (Å²) in [5.74, 6) is 2.39. The van der Waals surface area contributed by atoms with Gasteiger partial charge in [0.1, 0.15) is 17.8 Å². The van der Waals surface area contributed by atoms with Crippen LogP contribution in [0, 0.1) is 6.92 Å². The lowest BCUT2D eigenvalue weighted by Crippen LogP contribution is -2.42. The van der Waals surface area contributed by atoms with Gasteiger partial charge in [0.2, 0.25) is 12.7 Å². The zero-order valence-electron chi connectivity index (χ0n) is 17.6. The van der Waals surface area contributed by atoms with E-state index >= 15 is 0 Å². The van der Waals surface area contributed by atoms with Crippen LogP contribution in [-0.2, 0) is 16.8 Å². The summed E-state index contributed by atoms with van der Waals surface area (Å²) in [6, 6.07) is 9.86. The zero-order valence-corrected chi connectivity index (χ0v) is 18.4. The van der Waals surface area contributed by atoms with Crippen molar-refractivity contribution < 1.29 is 19.0 Å². The largest absolute Gasteiger partial charge is 0.491 e. The molecule has 1 unspecified atom stereocenters. The van der Waals surface area contributed by atoms with E-state index in [9.17, 15) is 4.79 Å². The van der Waals surface area contributed by atoms with Crippen molar-refractivity contribution in [2.45, 2.75) is 38.6 Å². The molecule has 4 heterocycles. The number of fused-ring (bicyclic) bond motifs is 5. The van der Waals surface area contributed by atoms with Crippen LogP contribution >= 0.6 is 11.3 Å². The molecule has 1 spiro atoms. The number of ether oxygens (including phenoxy) is 3. The summed E-state index contributed by atoms with van der Waals surface area (Å²) >= 11 is 1.65. The molecule has 0 saturated carbocycles. The van der Waals surface area contributed by atoms with Gasteiger partial charge in [0.15, 0.2) is 11.5 Å². The minimum Gasteiger partial charge on any atom is -0.491 e. The number of anilines is 1. The molecular formula is C24H22N2O4S. The second kappa shape index (κ2) is 6.47. The van der Waals surface area contributed by atoms with Crippen LogP contribution in [0.1, 0.15) is 47.2 Å². The SMILES string of the molecule is Cc1cccc2c1N(Cc1csc(C(C)C)n1)C(=O)C21COc2cc3c(cc21)OCO3. The predicted octanol–water partition coefficient (Wildman–Crippen LogP) is 4.53. The van der Waals surface area contributed by atoms with E-state index in [2.05, 4.69) is 32.2 Å². The molecule has 6 rings (SSSR count). The molecule has 158 valence electrons. The Morgan fingerprint density at radius 3 is 2.71 bits per heavy atom. The van der Waals surface area contributed by atoms with Crippen LogP contribution in [0.25, 0.3) is 0 Å². The molecule has 0 N–H and O–H groups in total. The van der Waals surface area contributed by atoms with Gasteiger partial charge in [-0.05, 0) is 24.1 Å². The summed E-state index contributed by atoms with van der Waals surface area (Å²) in [6.45, 7) is 7.22. The Labute approximate surface area is 184 Å². The summed E-state index contributed by atoms with van der Waals surface area (Å²) in [4.78, 5) is 20.8. The molecule has 2 aromatic carbocycles. The standard InChI is InChI=1S/C24H22N2O4S/c1-13(2)22-25-15(10-31-22)9-26-21-14(3)5-4-6-16(21)24(23(26)27)11-28-18-8-20-19(7-17(18)24)29-12-30-20/h4-8,10,13H,9,11-12H2,1-3H3. The van der Waals surface area contributed by atoms with Gasteiger partial charge in [0.05, 0.1) is 22.9 Å². The Morgan fingerprint density at radius 1 is 1.13 bits per heavy atom. The van der Waals surface area contributed by atoms with Crippen molar-refractivity contribution >= 4 is 22.9 Å². The molecule has 0 fully saturated rings. The monoisotopic (exact) mass is 434 g/mol. The van der Waals surface area contributed by atoms with E-state index in [1.165, 1.54) is 0 Å². The van der Waals surface area contributed by atoms with Crippen LogP contribution in [0.4, 0.5) is 5.69 Å². The second-order valence-corrected chi connectivity index (χ2v) is 9.48. The number of nitrogens with zero attached hydrogens (tertiary/aromatic N) is 2. The van der Waals surface area contributed by atoms with Gasteiger partial charge in [-0.1, -0.05) is 32.0 Å². The maximum atomic E-state index is 14.1. The number of carbonyl (C=O) groups excluding carboxylic acids is 1. The maximum absolute atomic E-state index is 14.1. The first-order valence-corrected chi connectivity index (χ1v) is 11.3. The van der Waals surface area contributed by atoms with Gasteiger partial charge >= 0.3 is 0 Å². The third-order valence-electron chi connectivity index (χ3n) is 6.34. The molecule has 0 bridgehead atoms. The average molecular weight is 435 g/mol. The highest BCUT2D eigenvalue weighted by Crippen LogP contribution is 2.55. The van der Waals surface area contributed by atoms with Crippen molar-refractivity contribution in [2.75, 3.05) is 18.3 Å². The highest BCUT2D eigenvalue weighted by Gasteiger charge is 2.57. The predicted molar refractivity (Wildman–Crippen MR) is 117 cm³/mol. The van der Waals surface area contributed by atoms with Crippen molar-refractivity contribution in [1.82, 2.24) is 4.98 Å². The van der Waals surface area contributed by atoms with Crippen LogP contribution in [-0.4, -0.2) is 24.3 Å². The molecule has 3 aromatic rings. The molecule has 1 atom stereocenters. The number of rotatable bonds is 3. The number of hydrogen-bond acceptors (Lipinski definition) is 6. The lowest BCUT2D eigenvalue weighted by molar-refractivity contribution is -0.122. The molecule has 1 amide bonds. The van der Waals surface area contributed by atoms with E-state index in [1.54, 1.807) is 11.3 Å². The van der Waals surface area contributed by atoms with Crippen LogP contribution in [0.15, 0.2) is 35.7 Å². The van der Waals surface area contributed by atoms with E-state index in [-0.39, 0.29) is 19.3 Å². The molecule has 6 nitrogen and oxygen atoms in total. The summed E-state index contributed by atoms with van der Waals surface area (Å²) < 4.78 is 17.2. The lowest BCUT2D eigenvalue weighted by Gasteiger charge is -2.23. The number of carbonyl (C=O) groups is 1. The van der Waals surface area contributed by atoms with E-state index in [0.717, 1.165) is 33.1 Å². The zero-order chi connectivity index (χ0) is 21.3. The molecule has 3 aliphatic heterocycles. The number of aromatic nitrogens is 1. The van der Waals surface area contributed by atoms with E-state index in [1.807, 2.05) is 29.2 Å². The van der Waals surface area contributed by atoms with Gasteiger partial charge in [-0.3, -0.25) is 4.79 Å². The lowest BCUT2D eigenvalue weighted by atomic mass is 9.76. The number of amides is 1. The van der Waals surface area contributed by atoms with Gasteiger partial charge in [-0.15, -0.1) is 11.3 Å². The number of benzene rings is 2. The van der Waals surface area contributed by atoms with Crippen LogP contribution < -0.4 is 19.1 Å². The quantitative estimate of drug-likeness (QED) is 0.606. The Bertz CT molecular complexity index is 1230. The number of thiazole rings is 1. The van der Waals surface area contributed by atoms with Gasteiger partial charge in [0.25, 0.3) is 0 Å². The van der Waals surface area contributed by atoms with Crippen molar-refractivity contribution in [3.8, 4) is 17.2 Å². The van der Waals surface area contributed by atoms with Crippen LogP contribution in [0.3, 0.4) is 0 Å². The fourth-order valence-corrected chi connectivity index (χ4v) is 5.65. The second-order valence-electron chi connectivity index (χ2n) is 8.59. The summed E-state index contributed by atoms with van der Waals surface area (Å²) in [6.07, 6.45) is 0. The minimum atomic E-state index is -0.880. The highest BCUT2D eigenvalue weighted by molar-refractivity contribution is 7.09. The van der Waals surface area contributed by atoms with Crippen molar-refractivity contribution in [3.63, 3.8) is 0 Å². The molecule has 0 aliphatic carbocycles. The van der Waals surface area contributed by atoms with Crippen LogP contribution in [0.5, 0.6) is 17.2 Å². The van der Waals surface area contributed by atoms with Gasteiger partial charge in [0, 0.05) is 22.9 Å². The van der Waals surface area contributed by atoms with Crippen molar-refractivity contribution in [3.05, 3.63) is 63.1 Å². The number of aryl methyl sites for hydroxylation is 1. The minimum absolute atomic E-state index is 0.0218. The first kappa shape index (κ1) is 18.7. The fourth-order valence-electron chi connectivity index (χ4n) is 4.82. The van der Waals surface area contributed by atoms with E-state index in [0.29, 0.717) is 29.7 Å². The van der Waals surface area contributed by atoms with Gasteiger partial charge < -0.3 is 19.1 Å². The van der Waals surface area contributed by atoms with Gasteiger partial charge in [-0.25, -0.2) is 4.98 Å². The molecule has 7 heteroatoms. The molecule has 0 radical (unpaired) electrons. The maximum Gasteiger partial charge on any atom is 0.246 e.